The zero-order valence-corrected chi connectivity index (χ0v) is 71.5. The molecule has 0 radical (unpaired) electrons. The Labute approximate surface area is 687 Å². The van der Waals surface area contributed by atoms with Gasteiger partial charge in [0.2, 0.25) is 85.6 Å². The maximum Gasteiger partial charge on any atom is 0.336 e. The average molecular weight is 1770 g/mol. The number of aliphatic carboxylic acids is 1. The lowest BCUT2D eigenvalue weighted by Gasteiger charge is -2.31. The minimum atomic E-state index is -4.49. The predicted octanol–water partition coefficient (Wildman–Crippen LogP) is -3.50. The van der Waals surface area contributed by atoms with Gasteiger partial charge in [-0.1, -0.05) is 45.9 Å². The van der Waals surface area contributed by atoms with Crippen molar-refractivity contribution in [3.05, 3.63) is 76.9 Å². The monoisotopic (exact) mass is 1770 g/mol. The summed E-state index contributed by atoms with van der Waals surface area (Å²) in [5, 5.41) is 82.2. The molecule has 658 valence electrons. The highest BCUT2D eigenvalue weighted by Gasteiger charge is 2.38. The molecular formula is C69H112N18O24S6. The number of phenolic OH excluding ortho intramolecular Hbond substituents is 2. The van der Waals surface area contributed by atoms with Crippen molar-refractivity contribution in [2.75, 3.05) is 134 Å². The van der Waals surface area contributed by atoms with Crippen molar-refractivity contribution in [3.63, 3.8) is 0 Å². The van der Waals surface area contributed by atoms with E-state index < -0.39 is 254 Å². The maximum absolute atomic E-state index is 14.1. The van der Waals surface area contributed by atoms with E-state index in [0.29, 0.717) is 33.9 Å². The van der Waals surface area contributed by atoms with E-state index in [1.165, 1.54) is 51.2 Å². The second kappa shape index (κ2) is 46.0. The number of phenols is 2. The molecule has 3 aromatic rings. The number of hydrogen-bond donors (Lipinski definition) is 18. The van der Waals surface area contributed by atoms with Crippen LogP contribution in [0.25, 0.3) is 0 Å². The van der Waals surface area contributed by atoms with Crippen molar-refractivity contribution in [3.8, 4) is 23.0 Å². The number of carbonyl (C=O) groups is 8. The number of likely N-dealkylation sites (N-methyl/N-ethyl adjacent to an activating group) is 1. The Morgan fingerprint density at radius 2 is 1.01 bits per heavy atom. The SMILES string of the molecule is CNC(=O)CN(C[C@@H](NC(=O)CN(C[C@H](CC(C)C)NC(=O)CN(C[C@H](CCCNC(=N)N)NC(=O)CN(C[C@H](C)NC(=O)CN(C[C@H](CCC(=O)O)NC(=O)CCNC(=S)Nc1ccc(C2c3ccc(O)cc3Oc3cc(O)ccc32)c(C(=O)O)c1)S(=O)(=O)CCN)S(C)(=O)=O)S(C)(=O)=O)S(=O)(=O)CCN)C(C)O)S(=O)(=O)CC(C)C. The molecule has 6 atom stereocenters. The molecule has 4 rings (SSSR count). The molecule has 6 amide bonds. The van der Waals surface area contributed by atoms with Gasteiger partial charge in [0.15, 0.2) is 11.1 Å². The minimum absolute atomic E-state index is 0.00656. The van der Waals surface area contributed by atoms with Gasteiger partial charge in [0.05, 0.1) is 80.2 Å². The fourth-order valence-corrected chi connectivity index (χ4v) is 18.5. The Bertz CT molecular complexity index is 4530. The summed E-state index contributed by atoms with van der Waals surface area (Å²) in [6.45, 7) is 0.311. The molecule has 0 aromatic heterocycles. The zero-order valence-electron chi connectivity index (χ0n) is 66.6. The topological polar surface area (TPSA) is 644 Å². The van der Waals surface area contributed by atoms with E-state index in [1.807, 2.05) is 0 Å². The predicted molar refractivity (Wildman–Crippen MR) is 438 cm³/mol. The number of ether oxygens (including phenoxy) is 1. The Balaban J connectivity index is 1.48. The maximum atomic E-state index is 14.1. The number of amides is 6. The number of sulfonamides is 5. The number of carbonyl (C=O) groups excluding carboxylic acids is 6. The summed E-state index contributed by atoms with van der Waals surface area (Å²) in [4.78, 5) is 107. The van der Waals surface area contributed by atoms with Gasteiger partial charge in [-0.05, 0) is 93.4 Å². The number of carboxylic acids is 2. The van der Waals surface area contributed by atoms with Crippen LogP contribution in [0, 0.1) is 17.2 Å². The summed E-state index contributed by atoms with van der Waals surface area (Å²) < 4.78 is 146. The van der Waals surface area contributed by atoms with Gasteiger partial charge in [-0.3, -0.25) is 39.0 Å². The van der Waals surface area contributed by atoms with E-state index in [1.54, 1.807) is 52.0 Å². The number of hydrogen-bond acceptors (Lipinski definition) is 26. The number of carboxylic acid groups (broad SMARTS) is 2. The number of guanidine groups is 1. The number of aromatic hydroxyl groups is 2. The zero-order chi connectivity index (χ0) is 88.3. The third-order valence-corrected chi connectivity index (χ3v) is 26.2. The summed E-state index contributed by atoms with van der Waals surface area (Å²) in [6.07, 6.45) is -1.34. The molecule has 1 aliphatic rings. The van der Waals surface area contributed by atoms with Crippen molar-refractivity contribution < 1.29 is 111 Å². The van der Waals surface area contributed by atoms with Crippen LogP contribution in [0.1, 0.15) is 113 Å². The molecule has 1 aliphatic heterocycles. The molecule has 1 heterocycles. The summed E-state index contributed by atoms with van der Waals surface area (Å²) >= 11 is 5.46. The molecule has 3 aromatic carbocycles. The highest BCUT2D eigenvalue weighted by molar-refractivity contribution is 7.90. The molecule has 21 N–H and O–H groups in total. The number of aromatic carboxylic acids is 1. The highest BCUT2D eigenvalue weighted by Crippen LogP contribution is 2.50. The minimum Gasteiger partial charge on any atom is -0.508 e. The van der Waals surface area contributed by atoms with Gasteiger partial charge < -0.3 is 95.3 Å². The Morgan fingerprint density at radius 1 is 0.547 bits per heavy atom. The van der Waals surface area contributed by atoms with Crippen LogP contribution >= 0.6 is 12.2 Å². The number of anilines is 1. The molecule has 0 aliphatic carbocycles. The number of nitrogens with zero attached hydrogens (tertiary/aromatic N) is 5. The molecular weight excluding hydrogens is 1660 g/mol. The Kier molecular flexibility index (Phi) is 39.5. The number of benzene rings is 3. The van der Waals surface area contributed by atoms with Gasteiger partial charge in [-0.2, -0.15) is 21.5 Å². The van der Waals surface area contributed by atoms with Crippen molar-refractivity contribution in [1.82, 2.24) is 64.1 Å². The third-order valence-electron chi connectivity index (χ3n) is 17.7. The summed E-state index contributed by atoms with van der Waals surface area (Å²) in [5.41, 5.74) is 18.2. The second-order valence-electron chi connectivity index (χ2n) is 29.0. The Morgan fingerprint density at radius 3 is 1.50 bits per heavy atom. The lowest BCUT2D eigenvalue weighted by atomic mass is 9.80. The summed E-state index contributed by atoms with van der Waals surface area (Å²) in [5.74, 6) is -11.7. The lowest BCUT2D eigenvalue weighted by molar-refractivity contribution is -0.137. The molecule has 1 unspecified atom stereocenters. The number of nitrogens with two attached hydrogens (primary N) is 3. The fourth-order valence-electron chi connectivity index (χ4n) is 12.4. The van der Waals surface area contributed by atoms with E-state index in [2.05, 4.69) is 47.9 Å². The molecule has 48 heteroatoms. The normalized spacial score (nSPS) is 14.3. The first kappa shape index (κ1) is 101. The standard InChI is InChI=1S/C69H112N18O24S6/c1-42(2)27-49(34-86(116(107,108)26-22-71)40-64(96)82-56(45(6)88)35-87(36-60(92)74-7)117(109,110)41-43(3)4)80-63(95)38-84(114(9,103)104)32-47(11-10-23-75-68(72)73)79-62(94)37-83(113(8,101)102)31-44(5)77-61(93)39-85(115(105,106)25-21-70)33-48(13-19-65(97)98)78-59(91)20-24-76-69(112)81-46-12-16-52(55(28-46)67(99)100)66-53-17-14-50(89)29-57(53)111-58-30-51(90)15-18-54(58)66/h12,14-18,28-30,42-45,47-49,56,66,88-90H,10-11,13,19-27,31-41,70-71H2,1-9H3,(H,74,92)(H,77,93)(H,78,91)(H,79,94)(H,80,95)(H,82,96)(H,97,98)(H,99,100)(H4,72,73,75)(H2,76,81,112)/t44-,45?,47-,48-,49-,56+/m0/s1. The van der Waals surface area contributed by atoms with Crippen LogP contribution in [0.5, 0.6) is 23.0 Å². The number of aliphatic hydroxyl groups excluding tert-OH is 1. The van der Waals surface area contributed by atoms with Crippen LogP contribution < -0.4 is 69.8 Å². The van der Waals surface area contributed by atoms with Crippen LogP contribution in [-0.2, 0) is 83.7 Å². The molecule has 0 bridgehead atoms. The first-order valence-corrected chi connectivity index (χ1v) is 45.9. The van der Waals surface area contributed by atoms with Crippen LogP contribution in [0.3, 0.4) is 0 Å². The van der Waals surface area contributed by atoms with Gasteiger partial charge in [-0.25, -0.2) is 46.9 Å². The molecule has 0 fully saturated rings. The van der Waals surface area contributed by atoms with E-state index >= 15 is 0 Å². The van der Waals surface area contributed by atoms with Crippen molar-refractivity contribution in [2.24, 2.45) is 29.0 Å². The van der Waals surface area contributed by atoms with Crippen molar-refractivity contribution in [2.45, 2.75) is 122 Å². The highest BCUT2D eigenvalue weighted by atomic mass is 32.2. The fraction of sp³-hybridized carbons (Fsp3) is 0.594. The Hall–Kier alpha value is -8.79. The van der Waals surface area contributed by atoms with Gasteiger partial charge in [0.25, 0.3) is 0 Å². The first-order chi connectivity index (χ1) is 54.4. The molecule has 117 heavy (non-hydrogen) atoms. The quantitative estimate of drug-likeness (QED) is 0.00882. The second-order valence-corrected chi connectivity index (χ2v) is 39.5. The average Bonchev–Trinajstić information content (AvgIpc) is 0.746. The summed E-state index contributed by atoms with van der Waals surface area (Å²) in [6, 6.07) is 6.86. The van der Waals surface area contributed by atoms with E-state index in [4.69, 9.17) is 39.6 Å². The van der Waals surface area contributed by atoms with Crippen molar-refractivity contribution >= 4 is 126 Å². The summed E-state index contributed by atoms with van der Waals surface area (Å²) in [7, 11) is -20.7. The first-order valence-electron chi connectivity index (χ1n) is 37.0. The van der Waals surface area contributed by atoms with E-state index in [0.717, 1.165) is 16.8 Å². The largest absolute Gasteiger partial charge is 0.508 e. The smallest absolute Gasteiger partial charge is 0.336 e. The number of nitrogens with one attached hydrogen (secondary N) is 10. The third kappa shape index (κ3) is 34.6. The number of fused-ring (bicyclic) bond motifs is 2. The van der Waals surface area contributed by atoms with Crippen LogP contribution in [0.4, 0.5) is 5.69 Å². The number of aliphatic hydroxyl groups is 1. The van der Waals surface area contributed by atoms with Crippen LogP contribution in [-0.4, -0.2) is 312 Å². The van der Waals surface area contributed by atoms with E-state index in [-0.39, 0.29) is 90.5 Å². The number of thiocarbonyl (C=S) groups is 1. The van der Waals surface area contributed by atoms with Gasteiger partial charge in [0.1, 0.15) is 23.0 Å². The van der Waals surface area contributed by atoms with Gasteiger partial charge >= 0.3 is 11.9 Å². The molecule has 42 nitrogen and oxygen atoms in total. The van der Waals surface area contributed by atoms with Gasteiger partial charge in [0, 0.05) is 138 Å². The van der Waals surface area contributed by atoms with Crippen LogP contribution in [0.15, 0.2) is 54.6 Å². The molecule has 0 spiro atoms. The number of rotatable bonds is 52. The lowest BCUT2D eigenvalue weighted by Crippen LogP contribution is -2.56. The van der Waals surface area contributed by atoms with Crippen molar-refractivity contribution in [1.29, 1.82) is 5.41 Å². The molecule has 0 saturated carbocycles. The molecule has 0 saturated heterocycles. The van der Waals surface area contributed by atoms with Gasteiger partial charge in [-0.15, -0.1) is 0 Å². The van der Waals surface area contributed by atoms with Crippen LogP contribution in [0.2, 0.25) is 0 Å². The van der Waals surface area contributed by atoms with E-state index in [9.17, 15) is 106 Å².